The van der Waals surface area contributed by atoms with Gasteiger partial charge in [-0.1, -0.05) is 6.07 Å². The van der Waals surface area contributed by atoms with Crippen LogP contribution in [-0.2, 0) is 6.42 Å². The summed E-state index contributed by atoms with van der Waals surface area (Å²) in [5.74, 6) is 1.50. The predicted octanol–water partition coefficient (Wildman–Crippen LogP) is 4.57. The number of carbonyl (C=O) groups excluding carboxylic acids is 1. The third-order valence-electron chi connectivity index (χ3n) is 4.40. The molecule has 3 rings (SSSR count). The molecule has 0 saturated carbocycles. The van der Waals surface area contributed by atoms with Gasteiger partial charge in [0, 0.05) is 23.1 Å². The highest BCUT2D eigenvalue weighted by Gasteiger charge is 2.18. The number of methoxy groups -OCH3 is 2. The lowest BCUT2D eigenvalue weighted by Crippen LogP contribution is -1.95. The summed E-state index contributed by atoms with van der Waals surface area (Å²) in [6, 6.07) is 5.89. The summed E-state index contributed by atoms with van der Waals surface area (Å²) < 4.78 is 10.6. The highest BCUT2D eigenvalue weighted by Crippen LogP contribution is 2.31. The molecule has 0 spiro atoms. The average Bonchev–Trinajstić information content (AvgIpc) is 3.18. The van der Waals surface area contributed by atoms with Crippen LogP contribution in [0.3, 0.4) is 0 Å². The highest BCUT2D eigenvalue weighted by molar-refractivity contribution is 7.10. The van der Waals surface area contributed by atoms with Gasteiger partial charge in [-0.2, -0.15) is 0 Å². The summed E-state index contributed by atoms with van der Waals surface area (Å²) in [6.45, 7) is 5.48. The molecule has 0 aliphatic heterocycles. The van der Waals surface area contributed by atoms with E-state index in [1.165, 1.54) is 0 Å². The molecular weight excluding hydrogens is 348 g/mol. The number of aryl methyl sites for hydroxylation is 1. The Morgan fingerprint density at radius 1 is 1.19 bits per heavy atom. The van der Waals surface area contributed by atoms with Gasteiger partial charge in [0.05, 0.1) is 30.6 Å². The number of hydrogen-bond acceptors (Lipinski definition) is 5. The van der Waals surface area contributed by atoms with E-state index in [1.54, 1.807) is 32.5 Å². The van der Waals surface area contributed by atoms with E-state index in [1.807, 2.05) is 37.4 Å². The number of hydrogen-bond donors (Lipinski definition) is 1. The molecule has 0 atom stereocenters. The van der Waals surface area contributed by atoms with Crippen LogP contribution in [0.25, 0.3) is 11.4 Å². The maximum Gasteiger partial charge on any atom is 0.161 e. The van der Waals surface area contributed by atoms with Crippen molar-refractivity contribution in [2.45, 2.75) is 27.2 Å². The van der Waals surface area contributed by atoms with E-state index in [0.29, 0.717) is 17.9 Å². The SMILES string of the molecule is COc1ccc(Cc2nc(-c3[nH]c(C)c(C(C)=O)c3C)cs2)cc1OC. The number of benzene rings is 1. The van der Waals surface area contributed by atoms with Crippen LogP contribution < -0.4 is 9.47 Å². The maximum absolute atomic E-state index is 11.8. The second-order valence-electron chi connectivity index (χ2n) is 6.17. The molecule has 5 nitrogen and oxygen atoms in total. The number of aromatic amines is 1. The van der Waals surface area contributed by atoms with E-state index in [9.17, 15) is 4.79 Å². The molecule has 0 aliphatic carbocycles. The summed E-state index contributed by atoms with van der Waals surface area (Å²) in [5, 5.41) is 3.03. The molecular formula is C20H22N2O3S. The molecule has 2 aromatic heterocycles. The van der Waals surface area contributed by atoms with E-state index < -0.39 is 0 Å². The van der Waals surface area contributed by atoms with Gasteiger partial charge in [-0.05, 0) is 44.0 Å². The first kappa shape index (κ1) is 18.2. The molecule has 0 bridgehead atoms. The Kier molecular flexibility index (Phi) is 5.13. The van der Waals surface area contributed by atoms with E-state index in [2.05, 4.69) is 4.98 Å². The van der Waals surface area contributed by atoms with Crippen molar-refractivity contribution in [3.63, 3.8) is 0 Å². The quantitative estimate of drug-likeness (QED) is 0.646. The highest BCUT2D eigenvalue weighted by atomic mass is 32.1. The molecule has 1 N–H and O–H groups in total. The Bertz CT molecular complexity index is 956. The monoisotopic (exact) mass is 370 g/mol. The van der Waals surface area contributed by atoms with Crippen LogP contribution in [0, 0.1) is 13.8 Å². The van der Waals surface area contributed by atoms with Gasteiger partial charge in [-0.15, -0.1) is 11.3 Å². The van der Waals surface area contributed by atoms with Gasteiger partial charge in [0.2, 0.25) is 0 Å². The number of rotatable bonds is 6. The number of ether oxygens (including phenoxy) is 2. The van der Waals surface area contributed by atoms with Crippen molar-refractivity contribution < 1.29 is 14.3 Å². The second kappa shape index (κ2) is 7.33. The largest absolute Gasteiger partial charge is 0.493 e. The zero-order chi connectivity index (χ0) is 18.8. The first-order chi connectivity index (χ1) is 12.4. The predicted molar refractivity (Wildman–Crippen MR) is 104 cm³/mol. The molecule has 1 aromatic carbocycles. The van der Waals surface area contributed by atoms with Crippen molar-refractivity contribution >= 4 is 17.1 Å². The number of Topliss-reactive ketones (excluding diaryl/α,β-unsaturated/α-hetero) is 1. The number of nitrogens with one attached hydrogen (secondary N) is 1. The molecule has 0 aliphatic rings. The number of carbonyl (C=O) groups is 1. The topological polar surface area (TPSA) is 64.2 Å². The van der Waals surface area contributed by atoms with Crippen LogP contribution in [0.15, 0.2) is 23.6 Å². The number of thiazole rings is 1. The fraction of sp³-hybridized carbons (Fsp3) is 0.300. The molecule has 3 aromatic rings. The van der Waals surface area contributed by atoms with Crippen molar-refractivity contribution in [1.82, 2.24) is 9.97 Å². The number of nitrogens with zero attached hydrogens (tertiary/aromatic N) is 1. The first-order valence-electron chi connectivity index (χ1n) is 8.30. The summed E-state index contributed by atoms with van der Waals surface area (Å²) in [6.07, 6.45) is 0.712. The van der Waals surface area contributed by atoms with Crippen LogP contribution >= 0.6 is 11.3 Å². The Morgan fingerprint density at radius 2 is 1.92 bits per heavy atom. The fourth-order valence-electron chi connectivity index (χ4n) is 3.21. The molecule has 0 fully saturated rings. The Hall–Kier alpha value is -2.60. The van der Waals surface area contributed by atoms with Gasteiger partial charge in [-0.25, -0.2) is 4.98 Å². The standard InChI is InChI=1S/C20H22N2O3S/c1-11-19(13(3)23)12(2)21-20(11)15-10-26-18(22-15)9-14-6-7-16(24-4)17(8-14)25-5/h6-8,10,21H,9H2,1-5H3. The van der Waals surface area contributed by atoms with Crippen molar-refractivity contribution in [3.8, 4) is 22.9 Å². The van der Waals surface area contributed by atoms with Crippen LogP contribution in [0.2, 0.25) is 0 Å². The van der Waals surface area contributed by atoms with E-state index in [4.69, 9.17) is 14.5 Å². The van der Waals surface area contributed by atoms with E-state index >= 15 is 0 Å². The van der Waals surface area contributed by atoms with E-state index in [0.717, 1.165) is 38.8 Å². The van der Waals surface area contributed by atoms with Crippen LogP contribution in [-0.4, -0.2) is 30.0 Å². The summed E-state index contributed by atoms with van der Waals surface area (Å²) in [5.41, 5.74) is 5.50. The molecule has 0 saturated heterocycles. The first-order valence-corrected chi connectivity index (χ1v) is 9.18. The molecule has 0 unspecified atom stereocenters. The summed E-state index contributed by atoms with van der Waals surface area (Å²) >= 11 is 1.61. The van der Waals surface area contributed by atoms with Gasteiger partial charge in [0.15, 0.2) is 17.3 Å². The van der Waals surface area contributed by atoms with Gasteiger partial charge in [0.1, 0.15) is 0 Å². The van der Waals surface area contributed by atoms with Crippen molar-refractivity contribution in [3.05, 3.63) is 51.0 Å². The van der Waals surface area contributed by atoms with Gasteiger partial charge in [0.25, 0.3) is 0 Å². The Morgan fingerprint density at radius 3 is 2.54 bits per heavy atom. The number of aromatic nitrogens is 2. The Balaban J connectivity index is 1.87. The van der Waals surface area contributed by atoms with Crippen LogP contribution in [0.5, 0.6) is 11.5 Å². The number of ketones is 1. The maximum atomic E-state index is 11.8. The smallest absolute Gasteiger partial charge is 0.161 e. The van der Waals surface area contributed by atoms with Gasteiger partial charge >= 0.3 is 0 Å². The molecule has 136 valence electrons. The molecule has 2 heterocycles. The van der Waals surface area contributed by atoms with Crippen molar-refractivity contribution in [1.29, 1.82) is 0 Å². The third-order valence-corrected chi connectivity index (χ3v) is 5.25. The van der Waals surface area contributed by atoms with Gasteiger partial charge < -0.3 is 14.5 Å². The minimum Gasteiger partial charge on any atom is -0.493 e. The molecule has 26 heavy (non-hydrogen) atoms. The molecule has 0 amide bonds. The van der Waals surface area contributed by atoms with Crippen LogP contribution in [0.1, 0.15) is 39.1 Å². The normalized spacial score (nSPS) is 10.8. The third kappa shape index (κ3) is 3.37. The zero-order valence-corrected chi connectivity index (χ0v) is 16.4. The molecule has 0 radical (unpaired) electrons. The minimum atomic E-state index is 0.0725. The van der Waals surface area contributed by atoms with Crippen LogP contribution in [0.4, 0.5) is 0 Å². The van der Waals surface area contributed by atoms with Crippen molar-refractivity contribution in [2.24, 2.45) is 0 Å². The lowest BCUT2D eigenvalue weighted by molar-refractivity contribution is 0.101. The van der Waals surface area contributed by atoms with E-state index in [-0.39, 0.29) is 5.78 Å². The Labute approximate surface area is 157 Å². The zero-order valence-electron chi connectivity index (χ0n) is 15.6. The lowest BCUT2D eigenvalue weighted by Gasteiger charge is -2.08. The second-order valence-corrected chi connectivity index (χ2v) is 7.12. The van der Waals surface area contributed by atoms with Crippen molar-refractivity contribution in [2.75, 3.05) is 14.2 Å². The average molecular weight is 370 g/mol. The summed E-state index contributed by atoms with van der Waals surface area (Å²) in [4.78, 5) is 19.9. The lowest BCUT2D eigenvalue weighted by atomic mass is 10.1. The fourth-order valence-corrected chi connectivity index (χ4v) is 4.03. The number of H-pyrrole nitrogens is 1. The summed E-state index contributed by atoms with van der Waals surface area (Å²) in [7, 11) is 3.26. The van der Waals surface area contributed by atoms with Gasteiger partial charge in [-0.3, -0.25) is 4.79 Å². The minimum absolute atomic E-state index is 0.0725. The molecule has 6 heteroatoms.